The van der Waals surface area contributed by atoms with Gasteiger partial charge in [0, 0.05) is 37.0 Å². The highest BCUT2D eigenvalue weighted by Crippen LogP contribution is 2.40. The summed E-state index contributed by atoms with van der Waals surface area (Å²) < 4.78 is 31.0. The SMILES string of the molecule is CCC1CC(C(=O)NCCNC(=O)c2nc(C)cs2)CC(OC2OC(CO)C(O)C(OC(CC3CCCCC3)C(=O)O)C2NC(C)=O)C1OC1OC(C)C(O)C(O)C1O. The molecule has 0 aromatic carbocycles. The van der Waals surface area contributed by atoms with Crippen molar-refractivity contribution in [2.24, 2.45) is 17.8 Å². The number of nitrogens with one attached hydrogen (secondary N) is 3. The topological polar surface area (TPSA) is 285 Å². The number of aryl methyl sites for hydroxylation is 1. The number of thiazole rings is 1. The molecule has 19 nitrogen and oxygen atoms in total. The minimum Gasteiger partial charge on any atom is -0.479 e. The maximum Gasteiger partial charge on any atom is 0.332 e. The van der Waals surface area contributed by atoms with Gasteiger partial charge in [-0.2, -0.15) is 0 Å². The molecule has 59 heavy (non-hydrogen) atoms. The molecule has 15 unspecified atom stereocenters. The number of hydrogen-bond acceptors (Lipinski definition) is 16. The quantitative estimate of drug-likeness (QED) is 0.0912. The highest BCUT2D eigenvalue weighted by atomic mass is 32.1. The molecule has 3 heterocycles. The molecule has 20 heteroatoms. The fraction of sp³-hybridized carbons (Fsp3) is 0.821. The first-order chi connectivity index (χ1) is 28.1. The number of aliphatic hydroxyl groups excluding tert-OH is 5. The van der Waals surface area contributed by atoms with E-state index < -0.39 is 110 Å². The second-order valence-corrected chi connectivity index (χ2v) is 17.1. The van der Waals surface area contributed by atoms with Crippen molar-refractivity contribution in [3.63, 3.8) is 0 Å². The number of amides is 3. The molecule has 0 radical (unpaired) electrons. The number of ether oxygens (including phenoxy) is 5. The van der Waals surface area contributed by atoms with Gasteiger partial charge in [0.2, 0.25) is 11.8 Å². The molecule has 2 saturated heterocycles. The van der Waals surface area contributed by atoms with Crippen LogP contribution in [0.3, 0.4) is 0 Å². The van der Waals surface area contributed by atoms with Gasteiger partial charge in [0.25, 0.3) is 5.91 Å². The van der Waals surface area contributed by atoms with E-state index in [9.17, 15) is 49.8 Å². The third-order valence-corrected chi connectivity index (χ3v) is 12.8. The van der Waals surface area contributed by atoms with E-state index >= 15 is 0 Å². The number of carbonyl (C=O) groups is 4. The van der Waals surface area contributed by atoms with Crippen molar-refractivity contribution in [2.45, 2.75) is 165 Å². The van der Waals surface area contributed by atoms with Crippen LogP contribution in [0.4, 0.5) is 0 Å². The number of hydrogen-bond donors (Lipinski definition) is 9. The van der Waals surface area contributed by atoms with Gasteiger partial charge in [0.1, 0.15) is 42.7 Å². The fourth-order valence-electron chi connectivity index (χ4n) is 8.62. The number of carbonyl (C=O) groups excluding carboxylic acids is 3. The van der Waals surface area contributed by atoms with E-state index in [1.165, 1.54) is 25.2 Å². The van der Waals surface area contributed by atoms with Crippen LogP contribution in [0, 0.1) is 24.7 Å². The van der Waals surface area contributed by atoms with E-state index in [2.05, 4.69) is 20.9 Å². The standard InChI is InChI=1S/C39H62N4O15S/c1-5-22-14-23(34(50)40-11-12-41-35(51)36-42-18(2)17-59-36)15-24(32(22)58-39-31(49)30(48)28(46)19(3)54-39)56-38-27(43-20(4)45)33(29(47)26(16-44)57-38)55-25(37(52)53)13-21-9-7-6-8-10-21/h17,19,21-33,38-39,44,46-49H,5-16H2,1-4H3,(H,40,50)(H,41,51)(H,43,45)(H,52,53). The summed E-state index contributed by atoms with van der Waals surface area (Å²) in [5, 5.41) is 74.2. The van der Waals surface area contributed by atoms with Crippen LogP contribution in [-0.4, -0.2) is 159 Å². The van der Waals surface area contributed by atoms with Crippen molar-refractivity contribution >= 4 is 35.0 Å². The number of aliphatic carboxylic acids is 1. The summed E-state index contributed by atoms with van der Waals surface area (Å²) in [7, 11) is 0. The lowest BCUT2D eigenvalue weighted by Gasteiger charge is -2.49. The molecule has 4 aliphatic rings. The first-order valence-corrected chi connectivity index (χ1v) is 21.6. The Morgan fingerprint density at radius 1 is 0.932 bits per heavy atom. The van der Waals surface area contributed by atoms with E-state index in [4.69, 9.17) is 23.7 Å². The maximum absolute atomic E-state index is 13.8. The van der Waals surface area contributed by atoms with Crippen molar-refractivity contribution in [1.82, 2.24) is 20.9 Å². The largest absolute Gasteiger partial charge is 0.479 e. The van der Waals surface area contributed by atoms with Crippen molar-refractivity contribution in [2.75, 3.05) is 19.7 Å². The van der Waals surface area contributed by atoms with Gasteiger partial charge >= 0.3 is 5.97 Å². The van der Waals surface area contributed by atoms with Crippen LogP contribution in [0.5, 0.6) is 0 Å². The average Bonchev–Trinajstić information content (AvgIpc) is 3.66. The zero-order valence-corrected chi connectivity index (χ0v) is 34.8. The zero-order valence-electron chi connectivity index (χ0n) is 34.0. The zero-order chi connectivity index (χ0) is 43.0. The molecule has 15 atom stereocenters. The van der Waals surface area contributed by atoms with Gasteiger partial charge in [-0.3, -0.25) is 14.4 Å². The molecule has 9 N–H and O–H groups in total. The average molecular weight is 859 g/mol. The molecule has 0 spiro atoms. The molecular formula is C39H62N4O15S. The van der Waals surface area contributed by atoms with E-state index in [1.807, 2.05) is 6.92 Å². The molecule has 334 valence electrons. The lowest BCUT2D eigenvalue weighted by Crippen LogP contribution is -2.67. The summed E-state index contributed by atoms with van der Waals surface area (Å²) in [6, 6.07) is -1.31. The van der Waals surface area contributed by atoms with Crippen molar-refractivity contribution in [3.05, 3.63) is 16.1 Å². The van der Waals surface area contributed by atoms with Crippen molar-refractivity contribution in [1.29, 1.82) is 0 Å². The van der Waals surface area contributed by atoms with Gasteiger partial charge in [0.15, 0.2) is 23.7 Å². The van der Waals surface area contributed by atoms with Gasteiger partial charge < -0.3 is 70.3 Å². The van der Waals surface area contributed by atoms with E-state index in [0.717, 1.165) is 37.8 Å². The third-order valence-electron chi connectivity index (χ3n) is 11.9. The number of aliphatic hydroxyl groups is 5. The number of carboxylic acids is 1. The highest BCUT2D eigenvalue weighted by Gasteiger charge is 2.53. The molecule has 2 saturated carbocycles. The second kappa shape index (κ2) is 21.8. The third kappa shape index (κ3) is 12.2. The monoisotopic (exact) mass is 858 g/mol. The van der Waals surface area contributed by atoms with E-state index in [0.29, 0.717) is 11.4 Å². The Bertz CT molecular complexity index is 1550. The Morgan fingerprint density at radius 2 is 1.64 bits per heavy atom. The van der Waals surface area contributed by atoms with Gasteiger partial charge in [-0.15, -0.1) is 11.3 Å². The summed E-state index contributed by atoms with van der Waals surface area (Å²) in [5.41, 5.74) is 0.718. The maximum atomic E-state index is 13.8. The van der Waals surface area contributed by atoms with Crippen LogP contribution in [0.1, 0.15) is 94.1 Å². The van der Waals surface area contributed by atoms with Crippen molar-refractivity contribution < 1.29 is 73.5 Å². The Balaban J connectivity index is 1.39. The Labute approximate surface area is 347 Å². The molecule has 1 aromatic heterocycles. The second-order valence-electron chi connectivity index (χ2n) is 16.2. The predicted molar refractivity (Wildman–Crippen MR) is 208 cm³/mol. The van der Waals surface area contributed by atoms with Crippen LogP contribution < -0.4 is 16.0 Å². The molecule has 4 fully saturated rings. The minimum atomic E-state index is -1.66. The molecule has 3 amide bonds. The van der Waals surface area contributed by atoms with Gasteiger partial charge in [-0.05, 0) is 44.9 Å². The lowest BCUT2D eigenvalue weighted by molar-refractivity contribution is -0.338. The number of carboxylic acid groups (broad SMARTS) is 1. The summed E-state index contributed by atoms with van der Waals surface area (Å²) in [6.07, 6.45) is -10.7. The van der Waals surface area contributed by atoms with Crippen molar-refractivity contribution in [3.8, 4) is 0 Å². The number of nitrogens with zero attached hydrogens (tertiary/aromatic N) is 1. The van der Waals surface area contributed by atoms with E-state index in [-0.39, 0.29) is 50.1 Å². The fourth-order valence-corrected chi connectivity index (χ4v) is 9.33. The first kappa shape index (κ1) is 47.2. The molecular weight excluding hydrogens is 797 g/mol. The minimum absolute atomic E-state index is 0.00868. The first-order valence-electron chi connectivity index (χ1n) is 20.7. The molecule has 1 aromatic rings. The summed E-state index contributed by atoms with van der Waals surface area (Å²) in [5.74, 6) is -3.59. The number of aromatic nitrogens is 1. The summed E-state index contributed by atoms with van der Waals surface area (Å²) in [4.78, 5) is 55.7. The highest BCUT2D eigenvalue weighted by molar-refractivity contribution is 7.11. The summed E-state index contributed by atoms with van der Waals surface area (Å²) >= 11 is 1.21. The Morgan fingerprint density at radius 3 is 2.27 bits per heavy atom. The van der Waals surface area contributed by atoms with E-state index in [1.54, 1.807) is 12.3 Å². The van der Waals surface area contributed by atoms with Gasteiger partial charge in [-0.25, -0.2) is 9.78 Å². The van der Waals surface area contributed by atoms with Crippen LogP contribution in [0.25, 0.3) is 0 Å². The normalized spacial score (nSPS) is 36.0. The Kier molecular flexibility index (Phi) is 17.4. The Hall–Kier alpha value is -2.89. The summed E-state index contributed by atoms with van der Waals surface area (Å²) in [6.45, 7) is 5.88. The smallest absolute Gasteiger partial charge is 0.332 e. The molecule has 2 aliphatic heterocycles. The lowest BCUT2D eigenvalue weighted by atomic mass is 9.75. The molecule has 5 rings (SSSR count). The van der Waals surface area contributed by atoms with Crippen LogP contribution in [0.2, 0.25) is 0 Å². The van der Waals surface area contributed by atoms with Gasteiger partial charge in [0.05, 0.1) is 24.9 Å². The molecule has 0 bridgehead atoms. The van der Waals surface area contributed by atoms with Crippen LogP contribution in [-0.2, 0) is 38.1 Å². The number of rotatable bonds is 17. The van der Waals surface area contributed by atoms with Crippen LogP contribution in [0.15, 0.2) is 5.38 Å². The van der Waals surface area contributed by atoms with Crippen LogP contribution >= 0.6 is 11.3 Å². The molecule has 2 aliphatic carbocycles. The van der Waals surface area contributed by atoms with Gasteiger partial charge in [-0.1, -0.05) is 45.4 Å². The predicted octanol–water partition coefficient (Wildman–Crippen LogP) is -0.277.